The average Bonchev–Trinajstić information content (AvgIpc) is 3.37. The minimum Gasteiger partial charge on any atom is -0.465 e. The molecule has 1 aliphatic rings. The summed E-state index contributed by atoms with van der Waals surface area (Å²) >= 11 is 0. The van der Waals surface area contributed by atoms with Crippen molar-refractivity contribution in [2.75, 3.05) is 12.4 Å². The number of ether oxygens (including phenoxy) is 1. The predicted molar refractivity (Wildman–Crippen MR) is 121 cm³/mol. The molecule has 1 unspecified atom stereocenters. The summed E-state index contributed by atoms with van der Waals surface area (Å²) in [5.41, 5.74) is 7.95. The maximum absolute atomic E-state index is 11.8. The first-order valence-electron chi connectivity index (χ1n) is 10.5. The van der Waals surface area contributed by atoms with Crippen molar-refractivity contribution < 1.29 is 9.53 Å². The first kappa shape index (κ1) is 20.0. The highest BCUT2D eigenvalue weighted by Crippen LogP contribution is 2.39. The number of carbonyl (C=O) groups excluding carboxylic acids is 1. The van der Waals surface area contributed by atoms with Gasteiger partial charge in [-0.05, 0) is 54.8 Å². The summed E-state index contributed by atoms with van der Waals surface area (Å²) in [6, 6.07) is 13.9. The second kappa shape index (κ2) is 7.96. The number of methoxy groups -OCH3 is 1. The van der Waals surface area contributed by atoms with Gasteiger partial charge in [-0.25, -0.2) is 9.48 Å². The fraction of sp³-hybridized carbons (Fsp3) is 0.250. The minimum absolute atomic E-state index is 0.0618. The quantitative estimate of drug-likeness (QED) is 0.495. The molecule has 8 nitrogen and oxygen atoms in total. The van der Waals surface area contributed by atoms with Gasteiger partial charge in [-0.15, -0.1) is 5.10 Å². The van der Waals surface area contributed by atoms with Crippen molar-refractivity contribution in [3.63, 3.8) is 0 Å². The molecule has 0 amide bonds. The van der Waals surface area contributed by atoms with Crippen LogP contribution in [0.15, 0.2) is 54.9 Å². The van der Waals surface area contributed by atoms with Crippen molar-refractivity contribution in [3.8, 4) is 22.4 Å². The molecule has 0 aliphatic carbocycles. The third-order valence-electron chi connectivity index (χ3n) is 5.90. The normalized spacial score (nSPS) is 14.9. The molecule has 162 valence electrons. The Labute approximate surface area is 185 Å². The number of hydrogen-bond donors (Lipinski definition) is 1. The van der Waals surface area contributed by atoms with Gasteiger partial charge >= 0.3 is 5.97 Å². The Balaban J connectivity index is 1.55. The molecular formula is C24H24N6O2. The van der Waals surface area contributed by atoms with Crippen LogP contribution < -0.4 is 5.32 Å². The largest absolute Gasteiger partial charge is 0.465 e. The van der Waals surface area contributed by atoms with Gasteiger partial charge in [-0.1, -0.05) is 17.3 Å². The number of fused-ring (bicyclic) bond motifs is 3. The number of anilines is 1. The van der Waals surface area contributed by atoms with Crippen LogP contribution in [0.4, 0.5) is 5.69 Å². The lowest BCUT2D eigenvalue weighted by Gasteiger charge is -2.21. The summed E-state index contributed by atoms with van der Waals surface area (Å²) in [5.74, 6) is -0.342. The van der Waals surface area contributed by atoms with Crippen molar-refractivity contribution in [3.05, 3.63) is 71.7 Å². The lowest BCUT2D eigenvalue weighted by Crippen LogP contribution is -2.13. The Bertz CT molecular complexity index is 1290. The van der Waals surface area contributed by atoms with Crippen LogP contribution in [0.5, 0.6) is 0 Å². The van der Waals surface area contributed by atoms with Crippen LogP contribution in [0.1, 0.15) is 34.1 Å². The van der Waals surface area contributed by atoms with Crippen LogP contribution in [-0.4, -0.2) is 37.9 Å². The molecule has 0 saturated carbocycles. The summed E-state index contributed by atoms with van der Waals surface area (Å²) in [6.07, 6.45) is 4.74. The van der Waals surface area contributed by atoms with Gasteiger partial charge in [0.05, 0.1) is 36.3 Å². The third kappa shape index (κ3) is 3.53. The SMILES string of the molecule is COC(=O)c1ccc(NC2CCn3nnc(C)c3-c3ccc(-c4cnn(C)c4)cc32)cc1. The molecule has 4 aromatic rings. The number of hydrogen-bond acceptors (Lipinski definition) is 6. The summed E-state index contributed by atoms with van der Waals surface area (Å²) in [5, 5.41) is 16.6. The summed E-state index contributed by atoms with van der Waals surface area (Å²) in [6.45, 7) is 2.75. The van der Waals surface area contributed by atoms with Crippen molar-refractivity contribution in [1.29, 1.82) is 0 Å². The topological polar surface area (TPSA) is 86.9 Å². The molecule has 1 N–H and O–H groups in total. The molecule has 0 saturated heterocycles. The van der Waals surface area contributed by atoms with Gasteiger partial charge < -0.3 is 10.1 Å². The van der Waals surface area contributed by atoms with E-state index in [1.807, 2.05) is 47.9 Å². The van der Waals surface area contributed by atoms with Crippen LogP contribution in [0.25, 0.3) is 22.4 Å². The zero-order valence-corrected chi connectivity index (χ0v) is 18.2. The fourth-order valence-electron chi connectivity index (χ4n) is 4.29. The molecule has 0 bridgehead atoms. The van der Waals surface area contributed by atoms with Crippen molar-refractivity contribution >= 4 is 11.7 Å². The average molecular weight is 428 g/mol. The minimum atomic E-state index is -0.342. The van der Waals surface area contributed by atoms with E-state index in [1.165, 1.54) is 12.7 Å². The van der Waals surface area contributed by atoms with Gasteiger partial charge in [0.1, 0.15) is 0 Å². The second-order valence-corrected chi connectivity index (χ2v) is 8.01. The van der Waals surface area contributed by atoms with Gasteiger partial charge in [0.2, 0.25) is 0 Å². The molecule has 2 aromatic carbocycles. The Morgan fingerprint density at radius 1 is 1.16 bits per heavy atom. The lowest BCUT2D eigenvalue weighted by molar-refractivity contribution is 0.0601. The number of esters is 1. The van der Waals surface area contributed by atoms with Crippen LogP contribution in [0.3, 0.4) is 0 Å². The maximum atomic E-state index is 11.8. The van der Waals surface area contributed by atoms with Gasteiger partial charge in [0.15, 0.2) is 0 Å². The molecule has 0 fully saturated rings. The highest BCUT2D eigenvalue weighted by atomic mass is 16.5. The van der Waals surface area contributed by atoms with Crippen molar-refractivity contribution in [1.82, 2.24) is 24.8 Å². The zero-order valence-electron chi connectivity index (χ0n) is 18.2. The molecule has 5 rings (SSSR count). The summed E-state index contributed by atoms with van der Waals surface area (Å²) < 4.78 is 8.60. The number of carbonyl (C=O) groups is 1. The van der Waals surface area contributed by atoms with Gasteiger partial charge in [0.25, 0.3) is 0 Å². The number of aromatic nitrogens is 5. The van der Waals surface area contributed by atoms with Crippen molar-refractivity contribution in [2.45, 2.75) is 25.9 Å². The Hall–Kier alpha value is -3.94. The molecule has 3 heterocycles. The maximum Gasteiger partial charge on any atom is 0.337 e. The van der Waals surface area contributed by atoms with E-state index in [-0.39, 0.29) is 12.0 Å². The predicted octanol–water partition coefficient (Wildman–Crippen LogP) is 4.00. The summed E-state index contributed by atoms with van der Waals surface area (Å²) in [4.78, 5) is 11.8. The van der Waals surface area contributed by atoms with Gasteiger partial charge in [-0.2, -0.15) is 5.10 Å². The highest BCUT2D eigenvalue weighted by Gasteiger charge is 2.26. The van der Waals surface area contributed by atoms with Crippen LogP contribution >= 0.6 is 0 Å². The number of benzene rings is 2. The van der Waals surface area contributed by atoms with E-state index >= 15 is 0 Å². The Kier molecular flexibility index (Phi) is 4.97. The van der Waals surface area contributed by atoms with E-state index in [2.05, 4.69) is 38.9 Å². The van der Waals surface area contributed by atoms with Crippen LogP contribution in [0.2, 0.25) is 0 Å². The highest BCUT2D eigenvalue weighted by molar-refractivity contribution is 5.89. The monoisotopic (exact) mass is 428 g/mol. The number of nitrogens with zero attached hydrogens (tertiary/aromatic N) is 5. The first-order chi connectivity index (χ1) is 15.5. The fourth-order valence-corrected chi connectivity index (χ4v) is 4.29. The molecular weight excluding hydrogens is 404 g/mol. The molecule has 0 radical (unpaired) electrons. The van der Waals surface area contributed by atoms with Crippen LogP contribution in [0, 0.1) is 6.92 Å². The van der Waals surface area contributed by atoms with Gasteiger partial charge in [-0.3, -0.25) is 4.68 Å². The number of nitrogens with one attached hydrogen (secondary N) is 1. The molecule has 1 aliphatic heterocycles. The van der Waals surface area contributed by atoms with Crippen LogP contribution in [-0.2, 0) is 18.3 Å². The van der Waals surface area contributed by atoms with Crippen molar-refractivity contribution in [2.24, 2.45) is 7.05 Å². The van der Waals surface area contributed by atoms with E-state index in [0.717, 1.165) is 46.7 Å². The summed E-state index contributed by atoms with van der Waals surface area (Å²) in [7, 11) is 3.31. The molecule has 0 spiro atoms. The number of rotatable bonds is 4. The second-order valence-electron chi connectivity index (χ2n) is 8.01. The van der Waals surface area contributed by atoms with E-state index in [9.17, 15) is 4.79 Å². The molecule has 2 aromatic heterocycles. The third-order valence-corrected chi connectivity index (χ3v) is 5.90. The van der Waals surface area contributed by atoms with Gasteiger partial charge in [0, 0.05) is 36.6 Å². The smallest absolute Gasteiger partial charge is 0.337 e. The lowest BCUT2D eigenvalue weighted by atomic mass is 9.93. The van der Waals surface area contributed by atoms with E-state index in [0.29, 0.717) is 5.56 Å². The first-order valence-corrected chi connectivity index (χ1v) is 10.5. The molecule has 32 heavy (non-hydrogen) atoms. The Morgan fingerprint density at radius 2 is 1.97 bits per heavy atom. The zero-order chi connectivity index (χ0) is 22.2. The Morgan fingerprint density at radius 3 is 2.69 bits per heavy atom. The van der Waals surface area contributed by atoms with E-state index in [4.69, 9.17) is 4.74 Å². The molecule has 8 heteroatoms. The number of aryl methyl sites for hydroxylation is 3. The standard InChI is InChI=1S/C24H24N6O2/c1-15-23-20-9-6-17(18-13-25-29(2)14-18)12-21(20)22(10-11-30(23)28-27-15)26-19-7-4-16(5-8-19)24(31)32-3/h4-9,12-14,22,26H,10-11H2,1-3H3. The van der Waals surface area contributed by atoms with E-state index in [1.54, 1.807) is 12.1 Å². The van der Waals surface area contributed by atoms with E-state index < -0.39 is 0 Å². The molecule has 1 atom stereocenters.